The molecular formula is C23H22F3N3O2. The normalized spacial score (nSPS) is 16.7. The first-order chi connectivity index (χ1) is 14.7. The Kier molecular flexibility index (Phi) is 5.24. The number of halogens is 3. The summed E-state index contributed by atoms with van der Waals surface area (Å²) in [6.45, 7) is 4.40. The van der Waals surface area contributed by atoms with Crippen LogP contribution in [-0.4, -0.2) is 23.5 Å². The number of hydrogen-bond acceptors (Lipinski definition) is 3. The van der Waals surface area contributed by atoms with E-state index in [4.69, 9.17) is 0 Å². The maximum absolute atomic E-state index is 13.8. The molecule has 0 radical (unpaired) electrons. The molecule has 0 saturated carbocycles. The minimum Gasteiger partial charge on any atom is -0.369 e. The van der Waals surface area contributed by atoms with E-state index in [0.29, 0.717) is 28.7 Å². The lowest BCUT2D eigenvalue weighted by Gasteiger charge is -2.25. The van der Waals surface area contributed by atoms with Gasteiger partial charge in [0, 0.05) is 35.4 Å². The first-order valence-corrected chi connectivity index (χ1v) is 10.1. The largest absolute Gasteiger partial charge is 0.418 e. The SMILES string of the molecule is Cc1cccc2[nH]cc(C(=O)Nc3ccc(N4CCCC4C)cc3C(F)(F)F)c(=O)c12. The Balaban J connectivity index is 1.71. The van der Waals surface area contributed by atoms with Crippen molar-refractivity contribution >= 4 is 28.2 Å². The highest BCUT2D eigenvalue weighted by Crippen LogP contribution is 2.38. The first-order valence-electron chi connectivity index (χ1n) is 10.1. The number of aryl methyl sites for hydroxylation is 1. The summed E-state index contributed by atoms with van der Waals surface area (Å²) in [5.74, 6) is -0.890. The molecule has 1 aliphatic heterocycles. The molecule has 162 valence electrons. The van der Waals surface area contributed by atoms with Gasteiger partial charge in [0.05, 0.1) is 11.3 Å². The predicted molar refractivity (Wildman–Crippen MR) is 115 cm³/mol. The molecular weight excluding hydrogens is 407 g/mol. The fourth-order valence-electron chi connectivity index (χ4n) is 4.17. The van der Waals surface area contributed by atoms with Crippen molar-refractivity contribution in [1.29, 1.82) is 0 Å². The smallest absolute Gasteiger partial charge is 0.369 e. The van der Waals surface area contributed by atoms with E-state index in [1.54, 1.807) is 31.2 Å². The molecule has 0 spiro atoms. The van der Waals surface area contributed by atoms with Crippen molar-refractivity contribution < 1.29 is 18.0 Å². The van der Waals surface area contributed by atoms with Crippen LogP contribution in [0, 0.1) is 6.92 Å². The van der Waals surface area contributed by atoms with E-state index in [-0.39, 0.29) is 17.3 Å². The third-order valence-electron chi connectivity index (χ3n) is 5.80. The molecule has 31 heavy (non-hydrogen) atoms. The van der Waals surface area contributed by atoms with E-state index in [1.165, 1.54) is 12.3 Å². The van der Waals surface area contributed by atoms with E-state index in [9.17, 15) is 22.8 Å². The maximum Gasteiger partial charge on any atom is 0.418 e. The highest BCUT2D eigenvalue weighted by atomic mass is 19.4. The average molecular weight is 429 g/mol. The van der Waals surface area contributed by atoms with Crippen molar-refractivity contribution in [2.45, 2.75) is 38.9 Å². The highest BCUT2D eigenvalue weighted by molar-refractivity contribution is 6.06. The highest BCUT2D eigenvalue weighted by Gasteiger charge is 2.35. The topological polar surface area (TPSA) is 65.2 Å². The third-order valence-corrected chi connectivity index (χ3v) is 5.80. The molecule has 8 heteroatoms. The number of nitrogens with zero attached hydrogens (tertiary/aromatic N) is 1. The summed E-state index contributed by atoms with van der Waals surface area (Å²) in [4.78, 5) is 30.4. The van der Waals surface area contributed by atoms with Gasteiger partial charge in [0.15, 0.2) is 0 Å². The molecule has 3 aromatic rings. The van der Waals surface area contributed by atoms with Crippen LogP contribution in [0.15, 0.2) is 47.4 Å². The summed E-state index contributed by atoms with van der Waals surface area (Å²) in [5, 5.41) is 2.63. The van der Waals surface area contributed by atoms with Crippen LogP contribution in [0.2, 0.25) is 0 Å². The van der Waals surface area contributed by atoms with Crippen LogP contribution in [0.25, 0.3) is 10.9 Å². The number of aromatic nitrogens is 1. The second kappa shape index (κ2) is 7.76. The lowest BCUT2D eigenvalue weighted by atomic mass is 10.1. The number of fused-ring (bicyclic) bond motifs is 1. The standard InChI is InChI=1S/C23H22F3N3O2/c1-13-5-3-7-19-20(13)21(30)16(12-27-19)22(31)28-18-9-8-15(11-17(18)23(24,25)26)29-10-4-6-14(29)2/h3,5,7-9,11-12,14H,4,6,10H2,1-2H3,(H,27,30)(H,28,31). The molecule has 2 aromatic carbocycles. The minimum atomic E-state index is -4.66. The number of hydrogen-bond donors (Lipinski definition) is 2. The summed E-state index contributed by atoms with van der Waals surface area (Å²) < 4.78 is 41.3. The van der Waals surface area contributed by atoms with Crippen molar-refractivity contribution in [1.82, 2.24) is 4.98 Å². The van der Waals surface area contributed by atoms with Gasteiger partial charge in [-0.2, -0.15) is 13.2 Å². The van der Waals surface area contributed by atoms with Crippen molar-refractivity contribution in [2.24, 2.45) is 0 Å². The number of amides is 1. The molecule has 1 fully saturated rings. The van der Waals surface area contributed by atoms with Gasteiger partial charge in [-0.3, -0.25) is 9.59 Å². The molecule has 1 amide bonds. The van der Waals surface area contributed by atoms with E-state index < -0.39 is 23.1 Å². The van der Waals surface area contributed by atoms with Crippen LogP contribution in [0.1, 0.15) is 41.3 Å². The molecule has 4 rings (SSSR count). The second-order valence-corrected chi connectivity index (χ2v) is 7.90. The van der Waals surface area contributed by atoms with Crippen LogP contribution in [0.5, 0.6) is 0 Å². The van der Waals surface area contributed by atoms with Gasteiger partial charge < -0.3 is 15.2 Å². The number of carbonyl (C=O) groups is 1. The zero-order valence-electron chi connectivity index (χ0n) is 17.1. The number of pyridine rings is 1. The number of carbonyl (C=O) groups excluding carboxylic acids is 1. The van der Waals surface area contributed by atoms with Gasteiger partial charge in [-0.25, -0.2) is 0 Å². The monoisotopic (exact) mass is 429 g/mol. The number of benzene rings is 2. The minimum absolute atomic E-state index is 0.154. The summed E-state index contributed by atoms with van der Waals surface area (Å²) in [6.07, 6.45) is -1.59. The Morgan fingerprint density at radius 2 is 2.00 bits per heavy atom. The van der Waals surface area contributed by atoms with Crippen LogP contribution < -0.4 is 15.6 Å². The maximum atomic E-state index is 13.8. The lowest BCUT2D eigenvalue weighted by molar-refractivity contribution is -0.136. The Bertz CT molecular complexity index is 1220. The van der Waals surface area contributed by atoms with Crippen molar-refractivity contribution in [3.05, 3.63) is 69.5 Å². The molecule has 1 aromatic heterocycles. The summed E-state index contributed by atoms with van der Waals surface area (Å²) in [7, 11) is 0. The number of H-pyrrole nitrogens is 1. The molecule has 2 N–H and O–H groups in total. The Labute approximate surface area is 176 Å². The quantitative estimate of drug-likeness (QED) is 0.609. The molecule has 0 aliphatic carbocycles. The summed E-state index contributed by atoms with van der Waals surface area (Å²) in [6, 6.07) is 9.24. The Hall–Kier alpha value is -3.29. The lowest BCUT2D eigenvalue weighted by Crippen LogP contribution is -2.27. The molecule has 1 unspecified atom stereocenters. The van der Waals surface area contributed by atoms with Gasteiger partial charge in [-0.15, -0.1) is 0 Å². The fourth-order valence-corrected chi connectivity index (χ4v) is 4.17. The number of anilines is 2. The zero-order chi connectivity index (χ0) is 22.3. The van der Waals surface area contributed by atoms with Gasteiger partial charge in [0.2, 0.25) is 5.43 Å². The van der Waals surface area contributed by atoms with Gasteiger partial charge >= 0.3 is 6.18 Å². The van der Waals surface area contributed by atoms with Gasteiger partial charge in [-0.1, -0.05) is 12.1 Å². The first kappa shape index (κ1) is 21.0. The molecule has 1 aliphatic rings. The second-order valence-electron chi connectivity index (χ2n) is 7.90. The summed E-state index contributed by atoms with van der Waals surface area (Å²) >= 11 is 0. The van der Waals surface area contributed by atoms with Crippen LogP contribution in [0.4, 0.5) is 24.5 Å². The van der Waals surface area contributed by atoms with Gasteiger partial charge in [0.1, 0.15) is 5.56 Å². The van der Waals surface area contributed by atoms with Crippen LogP contribution in [-0.2, 0) is 6.18 Å². The van der Waals surface area contributed by atoms with Crippen LogP contribution in [0.3, 0.4) is 0 Å². The van der Waals surface area contributed by atoms with Crippen molar-refractivity contribution in [2.75, 3.05) is 16.8 Å². The van der Waals surface area contributed by atoms with Crippen molar-refractivity contribution in [3.63, 3.8) is 0 Å². The van der Waals surface area contributed by atoms with Crippen molar-refractivity contribution in [3.8, 4) is 0 Å². The number of nitrogens with one attached hydrogen (secondary N) is 2. The van der Waals surface area contributed by atoms with Crippen LogP contribution >= 0.6 is 0 Å². The van der Waals surface area contributed by atoms with E-state index in [0.717, 1.165) is 18.9 Å². The van der Waals surface area contributed by atoms with Gasteiger partial charge in [0.25, 0.3) is 5.91 Å². The third kappa shape index (κ3) is 3.89. The van der Waals surface area contributed by atoms with E-state index in [1.807, 2.05) is 11.8 Å². The summed E-state index contributed by atoms with van der Waals surface area (Å²) in [5.41, 5.74) is -0.389. The Morgan fingerprint density at radius 3 is 2.68 bits per heavy atom. The van der Waals surface area contributed by atoms with Gasteiger partial charge in [-0.05, 0) is 56.5 Å². The van der Waals surface area contributed by atoms with E-state index >= 15 is 0 Å². The average Bonchev–Trinajstić information content (AvgIpc) is 3.13. The Morgan fingerprint density at radius 1 is 1.23 bits per heavy atom. The van der Waals surface area contributed by atoms with E-state index in [2.05, 4.69) is 10.3 Å². The number of alkyl halides is 3. The number of aromatic amines is 1. The molecule has 1 saturated heterocycles. The predicted octanol–water partition coefficient (Wildman–Crippen LogP) is 5.10. The fraction of sp³-hybridized carbons (Fsp3) is 0.304. The molecule has 5 nitrogen and oxygen atoms in total. The number of rotatable bonds is 3. The zero-order valence-corrected chi connectivity index (χ0v) is 17.1. The molecule has 1 atom stereocenters. The molecule has 2 heterocycles. The molecule has 0 bridgehead atoms.